The molecule has 0 fully saturated rings. The van der Waals surface area contributed by atoms with Gasteiger partial charge in [0.15, 0.2) is 0 Å². The first-order valence-electron chi connectivity index (χ1n) is 13.5. The summed E-state index contributed by atoms with van der Waals surface area (Å²) in [6.45, 7) is 3.86. The van der Waals surface area contributed by atoms with Crippen LogP contribution in [0, 0.1) is 41.2 Å². The molecule has 3 atom stereocenters. The number of aromatic hydroxyl groups is 4. The molecular weight excluding hydrogens is 1230 g/mol. The molecule has 0 amide bonds. The van der Waals surface area contributed by atoms with Crippen molar-refractivity contribution >= 4 is 136 Å². The van der Waals surface area contributed by atoms with E-state index >= 15 is 0 Å². The Labute approximate surface area is 339 Å². The Balaban J connectivity index is 1.62. The van der Waals surface area contributed by atoms with Gasteiger partial charge in [-0.2, -0.15) is 0 Å². The van der Waals surface area contributed by atoms with Gasteiger partial charge in [0.25, 0.3) is 0 Å². The number of hydrogen-bond donors (Lipinski definition) is 4. The van der Waals surface area contributed by atoms with Crippen molar-refractivity contribution in [3.63, 3.8) is 0 Å². The highest BCUT2D eigenvalue weighted by molar-refractivity contribution is 14.1. The second-order valence-electron chi connectivity index (χ2n) is 10.9. The molecule has 4 N–H and O–H groups in total. The number of halogens is 6. The van der Waals surface area contributed by atoms with Crippen LogP contribution < -0.4 is 0 Å². The first-order valence-corrected chi connectivity index (χ1v) is 20.0. The Bertz CT molecular complexity index is 1640. The average Bonchev–Trinajstić information content (AvgIpc) is 2.97. The van der Waals surface area contributed by atoms with Crippen molar-refractivity contribution in [2.75, 3.05) is 0 Å². The normalized spacial score (nSPS) is 16.1. The quantitative estimate of drug-likeness (QED) is 0.145. The van der Waals surface area contributed by atoms with Crippen LogP contribution in [0.5, 0.6) is 23.0 Å². The van der Waals surface area contributed by atoms with E-state index in [-0.39, 0.29) is 17.8 Å². The van der Waals surface area contributed by atoms with Crippen molar-refractivity contribution in [3.05, 3.63) is 127 Å². The van der Waals surface area contributed by atoms with E-state index in [4.69, 9.17) is 0 Å². The summed E-state index contributed by atoms with van der Waals surface area (Å²) >= 11 is 13.1. The Morgan fingerprint density at radius 2 is 0.909 bits per heavy atom. The molecule has 0 saturated heterocycles. The largest absolute Gasteiger partial charge is 0.507 e. The van der Waals surface area contributed by atoms with Crippen molar-refractivity contribution < 1.29 is 20.4 Å². The third-order valence-corrected chi connectivity index (χ3v) is 12.9. The van der Waals surface area contributed by atoms with Crippen molar-refractivity contribution in [3.8, 4) is 23.0 Å². The van der Waals surface area contributed by atoms with Gasteiger partial charge in [0.2, 0.25) is 0 Å². The van der Waals surface area contributed by atoms with E-state index in [0.717, 1.165) is 66.8 Å². The Hall–Kier alpha value is -0.0600. The lowest BCUT2D eigenvalue weighted by atomic mass is 9.74. The van der Waals surface area contributed by atoms with Gasteiger partial charge < -0.3 is 20.4 Å². The number of rotatable bonds is 6. The number of allylic oxidation sites excluding steroid dienone is 4. The van der Waals surface area contributed by atoms with Gasteiger partial charge in [-0.3, -0.25) is 0 Å². The summed E-state index contributed by atoms with van der Waals surface area (Å²) in [6.07, 6.45) is 7.63. The summed E-state index contributed by atoms with van der Waals surface area (Å²) in [4.78, 5) is 0. The molecule has 5 rings (SSSR count). The highest BCUT2D eigenvalue weighted by Gasteiger charge is 2.29. The zero-order valence-corrected chi connectivity index (χ0v) is 36.3. The number of benzene rings is 4. The minimum atomic E-state index is -0.0893. The van der Waals surface area contributed by atoms with Crippen molar-refractivity contribution in [2.45, 2.75) is 32.1 Å². The van der Waals surface area contributed by atoms with Gasteiger partial charge >= 0.3 is 0 Å². The lowest BCUT2D eigenvalue weighted by Gasteiger charge is -2.30. The molecule has 10 heteroatoms. The molecule has 4 nitrogen and oxygen atoms in total. The van der Waals surface area contributed by atoms with Gasteiger partial charge in [-0.15, -0.1) is 0 Å². The molecule has 0 bridgehead atoms. The van der Waals surface area contributed by atoms with Crippen molar-refractivity contribution in [1.29, 1.82) is 0 Å². The summed E-state index contributed by atoms with van der Waals surface area (Å²) < 4.78 is 4.83. The molecule has 1 aliphatic rings. The van der Waals surface area contributed by atoms with E-state index < -0.39 is 0 Å². The van der Waals surface area contributed by atoms with Crippen LogP contribution in [0.25, 0.3) is 0 Å². The summed E-state index contributed by atoms with van der Waals surface area (Å²) in [5.41, 5.74) is 7.22. The van der Waals surface area contributed by atoms with Crippen LogP contribution in [0.15, 0.2) is 72.3 Å². The SMILES string of the molecule is Cc1cc(C(C2=CC[C@H](C(c3cc(C)c(O)c(I)c3)c3cc(I)c(O)c(I)c3)C=C2)c2cc(I)c(O)c(I)c2)cc(I)c1O. The molecule has 0 aromatic heterocycles. The Morgan fingerprint density at radius 1 is 0.545 bits per heavy atom. The summed E-state index contributed by atoms with van der Waals surface area (Å²) in [5, 5.41) is 42.1. The van der Waals surface area contributed by atoms with Crippen LogP contribution in [-0.2, 0) is 0 Å². The zero-order valence-electron chi connectivity index (χ0n) is 23.3. The highest BCUT2D eigenvalue weighted by Crippen LogP contribution is 2.45. The summed E-state index contributed by atoms with van der Waals surface area (Å²) in [6, 6.07) is 16.5. The van der Waals surface area contributed by atoms with Crippen molar-refractivity contribution in [2.24, 2.45) is 5.92 Å². The van der Waals surface area contributed by atoms with Gasteiger partial charge in [-0.05, 0) is 237 Å². The van der Waals surface area contributed by atoms with Gasteiger partial charge in [0.05, 0.1) is 21.4 Å². The molecule has 0 spiro atoms. The fourth-order valence-electron chi connectivity index (χ4n) is 5.77. The van der Waals surface area contributed by atoms with E-state index in [1.807, 2.05) is 32.0 Å². The van der Waals surface area contributed by atoms with Gasteiger partial charge in [-0.25, -0.2) is 0 Å². The highest BCUT2D eigenvalue weighted by atomic mass is 127. The predicted octanol–water partition coefficient (Wildman–Crippen LogP) is 11.2. The first-order chi connectivity index (χ1) is 20.8. The third kappa shape index (κ3) is 7.33. The van der Waals surface area contributed by atoms with Gasteiger partial charge in [0.1, 0.15) is 23.0 Å². The molecule has 4 aromatic carbocycles. The van der Waals surface area contributed by atoms with Crippen LogP contribution in [0.3, 0.4) is 0 Å². The molecule has 228 valence electrons. The van der Waals surface area contributed by atoms with Crippen LogP contribution in [-0.4, -0.2) is 20.4 Å². The van der Waals surface area contributed by atoms with Crippen LogP contribution in [0.1, 0.15) is 51.6 Å². The van der Waals surface area contributed by atoms with Crippen LogP contribution >= 0.6 is 136 Å². The maximum atomic E-state index is 10.5. The second-order valence-corrected chi connectivity index (χ2v) is 17.8. The minimum Gasteiger partial charge on any atom is -0.507 e. The van der Waals surface area contributed by atoms with E-state index in [9.17, 15) is 20.4 Å². The first kappa shape index (κ1) is 35.3. The topological polar surface area (TPSA) is 80.9 Å². The molecule has 0 heterocycles. The maximum absolute atomic E-state index is 10.5. The van der Waals surface area contributed by atoms with Crippen LogP contribution in [0.2, 0.25) is 0 Å². The minimum absolute atomic E-state index is 0.00498. The molecule has 0 aliphatic heterocycles. The summed E-state index contributed by atoms with van der Waals surface area (Å²) in [7, 11) is 0. The molecule has 2 unspecified atom stereocenters. The Morgan fingerprint density at radius 3 is 1.32 bits per heavy atom. The summed E-state index contributed by atoms with van der Waals surface area (Å²) in [5.74, 6) is 1.25. The van der Waals surface area contributed by atoms with E-state index in [1.165, 1.54) is 0 Å². The number of phenols is 4. The maximum Gasteiger partial charge on any atom is 0.142 e. The molecular formula is C34H26I6O4. The van der Waals surface area contributed by atoms with E-state index in [2.05, 4.69) is 184 Å². The van der Waals surface area contributed by atoms with E-state index in [0.29, 0.717) is 23.0 Å². The van der Waals surface area contributed by atoms with Gasteiger partial charge in [0, 0.05) is 11.8 Å². The molecule has 4 aromatic rings. The Kier molecular flexibility index (Phi) is 11.7. The predicted molar refractivity (Wildman–Crippen MR) is 227 cm³/mol. The second kappa shape index (κ2) is 14.6. The zero-order chi connectivity index (χ0) is 32.0. The molecule has 0 radical (unpaired) electrons. The van der Waals surface area contributed by atoms with Crippen LogP contribution in [0.4, 0.5) is 0 Å². The lowest BCUT2D eigenvalue weighted by Crippen LogP contribution is -2.17. The fourth-order valence-corrected chi connectivity index (χ4v) is 11.0. The molecule has 0 saturated carbocycles. The standard InChI is InChI=1S/C34H26I6O4/c1-15-7-19(9-23(35)31(15)41)29(21-11-25(37)33(43)26(38)12-21)17-3-5-18(6-4-17)30(20-8-16(2)32(42)24(36)10-20)22-13-27(39)34(44)28(40)14-22/h3-5,7-14,18,29-30,41-44H,6H2,1-2H3/t18-,29?,30?/m1/s1. The molecule has 44 heavy (non-hydrogen) atoms. The third-order valence-electron chi connectivity index (χ3n) is 7.94. The lowest BCUT2D eigenvalue weighted by molar-refractivity contribution is 0.465. The fraction of sp³-hybridized carbons (Fsp3) is 0.176. The van der Waals surface area contributed by atoms with Gasteiger partial charge in [-0.1, -0.05) is 30.4 Å². The number of phenolic OH excluding ortho intramolecular Hbond substituents is 4. The molecule has 1 aliphatic carbocycles. The number of aryl methyl sites for hydroxylation is 2. The smallest absolute Gasteiger partial charge is 0.142 e. The number of hydrogen-bond acceptors (Lipinski definition) is 4. The average molecular weight is 1260 g/mol. The monoisotopic (exact) mass is 1260 g/mol. The van der Waals surface area contributed by atoms with E-state index in [1.54, 1.807) is 0 Å². The van der Waals surface area contributed by atoms with Crippen molar-refractivity contribution in [1.82, 2.24) is 0 Å².